The number of aryl methyl sites for hydroxylation is 2. The average molecular weight is 205 g/mol. The van der Waals surface area contributed by atoms with E-state index in [0.29, 0.717) is 0 Å². The molecule has 74 valence electrons. The van der Waals surface area contributed by atoms with Crippen molar-refractivity contribution in [1.29, 1.82) is 0 Å². The third kappa shape index (κ3) is 1.81. The summed E-state index contributed by atoms with van der Waals surface area (Å²) in [6, 6.07) is 6.74. The van der Waals surface area contributed by atoms with Gasteiger partial charge in [0.05, 0.1) is 0 Å². The molecule has 2 rings (SSSR count). The zero-order valence-electron chi connectivity index (χ0n) is 8.42. The largest absolute Gasteiger partial charge is 0.330 e. The van der Waals surface area contributed by atoms with Crippen molar-refractivity contribution in [2.75, 3.05) is 6.54 Å². The van der Waals surface area contributed by atoms with Gasteiger partial charge in [-0.15, -0.1) is 11.3 Å². The lowest BCUT2D eigenvalue weighted by atomic mass is 10.1. The maximum absolute atomic E-state index is 5.50. The van der Waals surface area contributed by atoms with Gasteiger partial charge in [0.1, 0.15) is 0 Å². The molecule has 1 aromatic heterocycles. The quantitative estimate of drug-likeness (QED) is 0.818. The van der Waals surface area contributed by atoms with Crippen molar-refractivity contribution in [1.82, 2.24) is 0 Å². The van der Waals surface area contributed by atoms with Crippen LogP contribution in [-0.2, 0) is 6.42 Å². The van der Waals surface area contributed by atoms with E-state index in [1.807, 2.05) is 11.3 Å². The Morgan fingerprint density at radius 2 is 2.21 bits per heavy atom. The highest BCUT2D eigenvalue weighted by atomic mass is 32.1. The molecule has 2 N–H and O–H groups in total. The Morgan fingerprint density at radius 3 is 3.00 bits per heavy atom. The summed E-state index contributed by atoms with van der Waals surface area (Å²) in [4.78, 5) is 0. The first kappa shape index (κ1) is 9.69. The fraction of sp³-hybridized carbons (Fsp3) is 0.333. The summed E-state index contributed by atoms with van der Waals surface area (Å²) >= 11 is 1.82. The summed E-state index contributed by atoms with van der Waals surface area (Å²) < 4.78 is 1.39. The Morgan fingerprint density at radius 1 is 1.36 bits per heavy atom. The van der Waals surface area contributed by atoms with Gasteiger partial charge >= 0.3 is 0 Å². The molecule has 0 spiro atoms. The predicted molar refractivity (Wildman–Crippen MR) is 63.9 cm³/mol. The highest BCUT2D eigenvalue weighted by Crippen LogP contribution is 2.26. The molecule has 0 saturated carbocycles. The average Bonchev–Trinajstić information content (AvgIpc) is 2.57. The van der Waals surface area contributed by atoms with E-state index < -0.39 is 0 Å². The molecule has 0 saturated heterocycles. The summed E-state index contributed by atoms with van der Waals surface area (Å²) in [5.41, 5.74) is 8.30. The number of thiophene rings is 1. The van der Waals surface area contributed by atoms with E-state index in [1.165, 1.54) is 21.2 Å². The maximum atomic E-state index is 5.50. The number of hydrogen-bond donors (Lipinski definition) is 1. The molecule has 0 radical (unpaired) electrons. The molecule has 1 aromatic carbocycles. The molecule has 1 nitrogen and oxygen atoms in total. The Hall–Kier alpha value is -0.860. The van der Waals surface area contributed by atoms with Gasteiger partial charge in [0, 0.05) is 4.70 Å². The lowest BCUT2D eigenvalue weighted by molar-refractivity contribution is 0.833. The zero-order valence-corrected chi connectivity index (χ0v) is 9.23. The third-order valence-electron chi connectivity index (χ3n) is 2.50. The number of fused-ring (bicyclic) bond motifs is 1. The molecule has 0 aliphatic rings. The van der Waals surface area contributed by atoms with Crippen molar-refractivity contribution in [3.8, 4) is 0 Å². The van der Waals surface area contributed by atoms with Gasteiger partial charge in [-0.1, -0.05) is 12.1 Å². The van der Waals surface area contributed by atoms with Crippen LogP contribution >= 0.6 is 11.3 Å². The van der Waals surface area contributed by atoms with Gasteiger partial charge in [0.2, 0.25) is 0 Å². The second-order valence-corrected chi connectivity index (χ2v) is 4.55. The van der Waals surface area contributed by atoms with Crippen LogP contribution in [0.1, 0.15) is 17.5 Å². The van der Waals surface area contributed by atoms with Crippen molar-refractivity contribution in [3.05, 3.63) is 34.7 Å². The summed E-state index contributed by atoms with van der Waals surface area (Å²) in [7, 11) is 0. The first-order chi connectivity index (χ1) is 6.81. The summed E-state index contributed by atoms with van der Waals surface area (Å²) in [6.07, 6.45) is 2.18. The van der Waals surface area contributed by atoms with E-state index in [-0.39, 0.29) is 0 Å². The number of rotatable bonds is 3. The molecule has 14 heavy (non-hydrogen) atoms. The monoisotopic (exact) mass is 205 g/mol. The summed E-state index contributed by atoms with van der Waals surface area (Å²) in [5, 5.41) is 3.63. The summed E-state index contributed by atoms with van der Waals surface area (Å²) in [5.74, 6) is 0. The van der Waals surface area contributed by atoms with Gasteiger partial charge < -0.3 is 5.73 Å². The van der Waals surface area contributed by atoms with Crippen LogP contribution in [0.15, 0.2) is 23.6 Å². The minimum Gasteiger partial charge on any atom is -0.330 e. The second kappa shape index (κ2) is 4.11. The van der Waals surface area contributed by atoms with E-state index in [2.05, 4.69) is 30.5 Å². The van der Waals surface area contributed by atoms with Crippen LogP contribution in [-0.4, -0.2) is 6.54 Å². The lowest BCUT2D eigenvalue weighted by Gasteiger charge is -2.00. The van der Waals surface area contributed by atoms with E-state index >= 15 is 0 Å². The predicted octanol–water partition coefficient (Wildman–Crippen LogP) is 3.10. The zero-order chi connectivity index (χ0) is 9.97. The number of hydrogen-bond acceptors (Lipinski definition) is 2. The molecular formula is C12H15NS. The van der Waals surface area contributed by atoms with Crippen molar-refractivity contribution >= 4 is 21.4 Å². The summed E-state index contributed by atoms with van der Waals surface area (Å²) in [6.45, 7) is 2.95. The Labute approximate surface area is 88.6 Å². The van der Waals surface area contributed by atoms with Crippen LogP contribution in [0, 0.1) is 6.92 Å². The Bertz CT molecular complexity index is 431. The van der Waals surface area contributed by atoms with E-state index in [1.54, 1.807) is 0 Å². The van der Waals surface area contributed by atoms with E-state index in [0.717, 1.165) is 19.4 Å². The minimum absolute atomic E-state index is 0.778. The molecule has 2 heteroatoms. The molecule has 0 aliphatic heterocycles. The van der Waals surface area contributed by atoms with Gasteiger partial charge in [-0.3, -0.25) is 0 Å². The van der Waals surface area contributed by atoms with Gasteiger partial charge in [-0.05, 0) is 54.3 Å². The molecule has 2 aromatic rings. The fourth-order valence-corrected chi connectivity index (χ4v) is 2.59. The fourth-order valence-electron chi connectivity index (χ4n) is 1.67. The van der Waals surface area contributed by atoms with Gasteiger partial charge in [0.15, 0.2) is 0 Å². The second-order valence-electron chi connectivity index (χ2n) is 3.64. The van der Waals surface area contributed by atoms with Crippen LogP contribution in [0.2, 0.25) is 0 Å². The third-order valence-corrected chi connectivity index (χ3v) is 3.58. The van der Waals surface area contributed by atoms with Gasteiger partial charge in [-0.2, -0.15) is 0 Å². The first-order valence-electron chi connectivity index (χ1n) is 4.98. The van der Waals surface area contributed by atoms with Crippen LogP contribution in [0.25, 0.3) is 10.1 Å². The lowest BCUT2D eigenvalue weighted by Crippen LogP contribution is -2.00. The highest BCUT2D eigenvalue weighted by molar-refractivity contribution is 7.17. The minimum atomic E-state index is 0.778. The molecule has 0 fully saturated rings. The van der Waals surface area contributed by atoms with Crippen LogP contribution in [0.3, 0.4) is 0 Å². The number of benzene rings is 1. The van der Waals surface area contributed by atoms with Crippen LogP contribution in [0.4, 0.5) is 0 Å². The van der Waals surface area contributed by atoms with Gasteiger partial charge in [0.25, 0.3) is 0 Å². The highest BCUT2D eigenvalue weighted by Gasteiger charge is 2.00. The van der Waals surface area contributed by atoms with Crippen molar-refractivity contribution < 1.29 is 0 Å². The standard InChI is InChI=1S/C12H15NS/c1-9-8-14-12-5-4-10(3-2-6-13)7-11(9)12/h4-5,7-8H,2-3,6,13H2,1H3. The molecular weight excluding hydrogens is 190 g/mol. The number of nitrogens with two attached hydrogens (primary N) is 1. The maximum Gasteiger partial charge on any atom is 0.0345 e. The Balaban J connectivity index is 2.34. The molecule has 0 unspecified atom stereocenters. The van der Waals surface area contributed by atoms with Crippen molar-refractivity contribution in [2.24, 2.45) is 5.73 Å². The molecule has 0 amide bonds. The normalized spacial score (nSPS) is 11.0. The molecule has 0 aliphatic carbocycles. The first-order valence-corrected chi connectivity index (χ1v) is 5.86. The topological polar surface area (TPSA) is 26.0 Å². The van der Waals surface area contributed by atoms with E-state index in [9.17, 15) is 0 Å². The SMILES string of the molecule is Cc1csc2ccc(CCCN)cc12. The van der Waals surface area contributed by atoms with Crippen molar-refractivity contribution in [3.63, 3.8) is 0 Å². The molecule has 0 bridgehead atoms. The van der Waals surface area contributed by atoms with E-state index in [4.69, 9.17) is 5.73 Å². The Kier molecular flexibility index (Phi) is 2.85. The van der Waals surface area contributed by atoms with Gasteiger partial charge in [-0.25, -0.2) is 0 Å². The van der Waals surface area contributed by atoms with Crippen LogP contribution in [0.5, 0.6) is 0 Å². The van der Waals surface area contributed by atoms with Crippen LogP contribution < -0.4 is 5.73 Å². The molecule has 0 atom stereocenters. The molecule has 1 heterocycles. The smallest absolute Gasteiger partial charge is 0.0345 e. The van der Waals surface area contributed by atoms with Crippen molar-refractivity contribution in [2.45, 2.75) is 19.8 Å².